The van der Waals surface area contributed by atoms with Crippen LogP contribution < -0.4 is 5.32 Å². The summed E-state index contributed by atoms with van der Waals surface area (Å²) >= 11 is 0. The van der Waals surface area contributed by atoms with Gasteiger partial charge >= 0.3 is 0 Å². The molecule has 0 radical (unpaired) electrons. The number of imidazole rings is 1. The molecule has 2 aliphatic rings. The molecule has 4 rings (SSSR count). The van der Waals surface area contributed by atoms with E-state index in [1.54, 1.807) is 12.5 Å². The number of hydrogen-bond donors (Lipinski definition) is 1. The third-order valence-electron chi connectivity index (χ3n) is 6.35. The van der Waals surface area contributed by atoms with Gasteiger partial charge in [-0.3, -0.25) is 9.59 Å². The summed E-state index contributed by atoms with van der Waals surface area (Å²) in [6.07, 6.45) is 9.49. The number of nitrogens with zero attached hydrogens (tertiary/aromatic N) is 3. The summed E-state index contributed by atoms with van der Waals surface area (Å²) < 4.78 is 8.14. The quantitative estimate of drug-likeness (QED) is 0.794. The fraction of sp³-hybridized carbons (Fsp3) is 0.522. The SMILES string of the molecule is O=C(NCC1CCOC2(CCN(C(=O)CCn3ccnc3)CC2)C1)c1ccccc1. The van der Waals surface area contributed by atoms with E-state index in [4.69, 9.17) is 4.74 Å². The Hall–Kier alpha value is -2.67. The number of likely N-dealkylation sites (tertiary alicyclic amines) is 1. The van der Waals surface area contributed by atoms with Crippen LogP contribution >= 0.6 is 0 Å². The zero-order chi connectivity index (χ0) is 20.8. The Kier molecular flexibility index (Phi) is 6.47. The van der Waals surface area contributed by atoms with Crippen LogP contribution in [0.5, 0.6) is 0 Å². The molecule has 3 heterocycles. The summed E-state index contributed by atoms with van der Waals surface area (Å²) in [4.78, 5) is 30.9. The number of hydrogen-bond acceptors (Lipinski definition) is 4. The van der Waals surface area contributed by atoms with Crippen molar-refractivity contribution in [2.75, 3.05) is 26.2 Å². The fourth-order valence-electron chi connectivity index (χ4n) is 4.55. The Bertz CT molecular complexity index is 829. The Morgan fingerprint density at radius 3 is 2.73 bits per heavy atom. The van der Waals surface area contributed by atoms with Gasteiger partial charge in [-0.25, -0.2) is 4.98 Å². The molecule has 1 spiro atoms. The molecule has 7 heteroatoms. The standard InChI is InChI=1S/C23H30N4O3/c28-21(6-11-26-14-10-24-18-26)27-12-8-23(9-13-27)16-19(7-15-30-23)17-25-22(29)20-4-2-1-3-5-20/h1-5,10,14,18-19H,6-9,11-13,15-17H2,(H,25,29). The molecule has 160 valence electrons. The van der Waals surface area contributed by atoms with E-state index in [2.05, 4.69) is 10.3 Å². The van der Waals surface area contributed by atoms with Crippen molar-refractivity contribution >= 4 is 11.8 Å². The lowest BCUT2D eigenvalue weighted by Crippen LogP contribution is -2.51. The number of piperidine rings is 1. The van der Waals surface area contributed by atoms with Gasteiger partial charge < -0.3 is 19.5 Å². The van der Waals surface area contributed by atoms with Gasteiger partial charge in [0.15, 0.2) is 0 Å². The molecule has 7 nitrogen and oxygen atoms in total. The van der Waals surface area contributed by atoms with Crippen LogP contribution in [0.2, 0.25) is 0 Å². The fourth-order valence-corrected chi connectivity index (χ4v) is 4.55. The maximum Gasteiger partial charge on any atom is 0.251 e. The van der Waals surface area contributed by atoms with Gasteiger partial charge in [-0.1, -0.05) is 18.2 Å². The molecule has 0 saturated carbocycles. The highest BCUT2D eigenvalue weighted by Crippen LogP contribution is 2.37. The Balaban J connectivity index is 1.23. The Morgan fingerprint density at radius 1 is 1.20 bits per heavy atom. The topological polar surface area (TPSA) is 76.5 Å². The lowest BCUT2D eigenvalue weighted by Gasteiger charge is -2.46. The lowest BCUT2D eigenvalue weighted by molar-refractivity contribution is -0.147. The van der Waals surface area contributed by atoms with Crippen molar-refractivity contribution in [2.45, 2.75) is 44.2 Å². The molecule has 0 aliphatic carbocycles. The second kappa shape index (κ2) is 9.43. The van der Waals surface area contributed by atoms with E-state index in [9.17, 15) is 9.59 Å². The molecular weight excluding hydrogens is 380 g/mol. The number of carbonyl (C=O) groups is 2. The smallest absolute Gasteiger partial charge is 0.251 e. The van der Waals surface area contributed by atoms with E-state index in [0.29, 0.717) is 31.0 Å². The van der Waals surface area contributed by atoms with Crippen LogP contribution in [0.4, 0.5) is 0 Å². The lowest BCUT2D eigenvalue weighted by atomic mass is 9.79. The van der Waals surface area contributed by atoms with E-state index in [0.717, 1.165) is 45.4 Å². The number of ether oxygens (including phenoxy) is 1. The van der Waals surface area contributed by atoms with Gasteiger partial charge in [-0.2, -0.15) is 0 Å². The van der Waals surface area contributed by atoms with Crippen molar-refractivity contribution in [3.63, 3.8) is 0 Å². The molecule has 1 atom stereocenters. The average Bonchev–Trinajstić information content (AvgIpc) is 3.31. The van der Waals surface area contributed by atoms with E-state index in [-0.39, 0.29) is 17.4 Å². The second-order valence-corrected chi connectivity index (χ2v) is 8.40. The first-order chi connectivity index (χ1) is 14.6. The molecule has 2 aromatic rings. The summed E-state index contributed by atoms with van der Waals surface area (Å²) in [5.74, 6) is 0.588. The van der Waals surface area contributed by atoms with Crippen molar-refractivity contribution in [3.8, 4) is 0 Å². The number of rotatable bonds is 6. The number of aryl methyl sites for hydroxylation is 1. The number of nitrogens with one attached hydrogen (secondary N) is 1. The third kappa shape index (κ3) is 5.08. The zero-order valence-corrected chi connectivity index (χ0v) is 17.3. The first-order valence-electron chi connectivity index (χ1n) is 10.8. The molecule has 2 saturated heterocycles. The van der Waals surface area contributed by atoms with Gasteiger partial charge in [0, 0.05) is 57.2 Å². The number of amides is 2. The van der Waals surface area contributed by atoms with Crippen LogP contribution in [0.25, 0.3) is 0 Å². The second-order valence-electron chi connectivity index (χ2n) is 8.40. The first-order valence-corrected chi connectivity index (χ1v) is 10.8. The summed E-state index contributed by atoms with van der Waals surface area (Å²) in [6.45, 7) is 3.55. The highest BCUT2D eigenvalue weighted by Gasteiger charge is 2.41. The van der Waals surface area contributed by atoms with E-state index < -0.39 is 0 Å². The van der Waals surface area contributed by atoms with Gasteiger partial charge in [0.2, 0.25) is 5.91 Å². The molecule has 1 aromatic carbocycles. The number of aromatic nitrogens is 2. The molecule has 2 fully saturated rings. The Morgan fingerprint density at radius 2 is 2.00 bits per heavy atom. The molecule has 0 bridgehead atoms. The van der Waals surface area contributed by atoms with Gasteiger partial charge in [0.1, 0.15) is 0 Å². The molecule has 2 amide bonds. The molecule has 1 N–H and O–H groups in total. The summed E-state index contributed by atoms with van der Waals surface area (Å²) in [7, 11) is 0. The van der Waals surface area contributed by atoms with Crippen LogP contribution in [0.3, 0.4) is 0 Å². The molecule has 30 heavy (non-hydrogen) atoms. The average molecular weight is 411 g/mol. The van der Waals surface area contributed by atoms with Crippen molar-refractivity contribution in [2.24, 2.45) is 5.92 Å². The van der Waals surface area contributed by atoms with Crippen LogP contribution in [-0.4, -0.2) is 58.1 Å². The molecular formula is C23H30N4O3. The number of carbonyl (C=O) groups excluding carboxylic acids is 2. The third-order valence-corrected chi connectivity index (χ3v) is 6.35. The van der Waals surface area contributed by atoms with Crippen molar-refractivity contribution in [1.29, 1.82) is 0 Å². The largest absolute Gasteiger partial charge is 0.375 e. The maximum atomic E-state index is 12.5. The summed E-state index contributed by atoms with van der Waals surface area (Å²) in [6, 6.07) is 9.33. The van der Waals surface area contributed by atoms with Gasteiger partial charge in [0.25, 0.3) is 5.91 Å². The van der Waals surface area contributed by atoms with E-state index in [1.165, 1.54) is 0 Å². The van der Waals surface area contributed by atoms with Crippen molar-refractivity contribution < 1.29 is 14.3 Å². The number of benzene rings is 1. The van der Waals surface area contributed by atoms with Crippen molar-refractivity contribution in [3.05, 3.63) is 54.6 Å². The minimum atomic E-state index is -0.151. The maximum absolute atomic E-state index is 12.5. The molecule has 1 aromatic heterocycles. The van der Waals surface area contributed by atoms with E-state index in [1.807, 2.05) is 46.0 Å². The zero-order valence-electron chi connectivity index (χ0n) is 17.3. The Labute approximate surface area is 177 Å². The molecule has 1 unspecified atom stereocenters. The van der Waals surface area contributed by atoms with Crippen molar-refractivity contribution in [1.82, 2.24) is 19.8 Å². The van der Waals surface area contributed by atoms with Crippen LogP contribution in [0.15, 0.2) is 49.1 Å². The normalized spacial score (nSPS) is 20.8. The first kappa shape index (κ1) is 20.6. The van der Waals surface area contributed by atoms with Gasteiger partial charge in [0.05, 0.1) is 11.9 Å². The van der Waals surface area contributed by atoms with Crippen LogP contribution in [0.1, 0.15) is 42.5 Å². The molecule has 2 aliphatic heterocycles. The van der Waals surface area contributed by atoms with Crippen LogP contribution in [-0.2, 0) is 16.1 Å². The summed E-state index contributed by atoms with van der Waals surface area (Å²) in [5, 5.41) is 3.08. The highest BCUT2D eigenvalue weighted by molar-refractivity contribution is 5.94. The predicted molar refractivity (Wildman–Crippen MR) is 113 cm³/mol. The van der Waals surface area contributed by atoms with Gasteiger partial charge in [-0.05, 0) is 43.7 Å². The van der Waals surface area contributed by atoms with E-state index >= 15 is 0 Å². The summed E-state index contributed by atoms with van der Waals surface area (Å²) in [5.41, 5.74) is 0.545. The minimum absolute atomic E-state index is 0.0190. The highest BCUT2D eigenvalue weighted by atomic mass is 16.5. The predicted octanol–water partition coefficient (Wildman–Crippen LogP) is 2.49. The van der Waals surface area contributed by atoms with Gasteiger partial charge in [-0.15, -0.1) is 0 Å². The monoisotopic (exact) mass is 410 g/mol. The minimum Gasteiger partial charge on any atom is -0.375 e. The van der Waals surface area contributed by atoms with Crippen LogP contribution in [0, 0.1) is 5.92 Å².